The van der Waals surface area contributed by atoms with Crippen molar-refractivity contribution in [1.29, 1.82) is 0 Å². The molecular weight excluding hydrogens is 340 g/mol. The summed E-state index contributed by atoms with van der Waals surface area (Å²) in [5.74, 6) is 3.56. The number of nitrogens with zero attached hydrogens (tertiary/aromatic N) is 4. The maximum atomic E-state index is 5.37. The normalized spacial score (nSPS) is 12.1. The van der Waals surface area contributed by atoms with E-state index in [2.05, 4.69) is 23.0 Å². The molecule has 2 aromatic heterocycles. The van der Waals surface area contributed by atoms with Crippen LogP contribution in [-0.4, -0.2) is 33.3 Å². The van der Waals surface area contributed by atoms with Crippen molar-refractivity contribution in [2.45, 2.75) is 19.3 Å². The van der Waals surface area contributed by atoms with Gasteiger partial charge in [0.1, 0.15) is 23.1 Å². The van der Waals surface area contributed by atoms with E-state index in [-0.39, 0.29) is 5.41 Å². The van der Waals surface area contributed by atoms with Crippen molar-refractivity contribution >= 4 is 22.1 Å². The number of aromatic nitrogens is 4. The molecule has 0 radical (unpaired) electrons. The monoisotopic (exact) mass is 364 g/mol. The molecule has 0 amide bonds. The first-order valence-corrected chi connectivity index (χ1v) is 8.88. The Balaban J connectivity index is 1.91. The van der Waals surface area contributed by atoms with E-state index in [1.54, 1.807) is 14.2 Å². The number of hydrogen-bond donors (Lipinski definition) is 0. The number of rotatable bonds is 4. The highest BCUT2D eigenvalue weighted by atomic mass is 16.5. The zero-order valence-electron chi connectivity index (χ0n) is 16.6. The van der Waals surface area contributed by atoms with Gasteiger partial charge < -0.3 is 18.6 Å². The minimum Gasteiger partial charge on any atom is -0.497 e. The number of imidazole rings is 2. The number of hydrogen-bond acceptors (Lipinski definition) is 4. The molecule has 0 unspecified atom stereocenters. The van der Waals surface area contributed by atoms with Gasteiger partial charge in [-0.1, -0.05) is 0 Å². The van der Waals surface area contributed by atoms with E-state index in [0.29, 0.717) is 0 Å². The summed E-state index contributed by atoms with van der Waals surface area (Å²) in [5.41, 5.74) is 3.58. The van der Waals surface area contributed by atoms with Crippen molar-refractivity contribution in [3.8, 4) is 11.5 Å². The van der Waals surface area contributed by atoms with Gasteiger partial charge in [0, 0.05) is 26.2 Å². The molecule has 0 bridgehead atoms. The second kappa shape index (κ2) is 6.01. The summed E-state index contributed by atoms with van der Waals surface area (Å²) in [6.07, 6.45) is 0. The Bertz CT molecular complexity index is 1060. The largest absolute Gasteiger partial charge is 0.497 e. The summed E-state index contributed by atoms with van der Waals surface area (Å²) in [7, 11) is 7.43. The molecule has 6 nitrogen and oxygen atoms in total. The van der Waals surface area contributed by atoms with Gasteiger partial charge in [0.05, 0.1) is 41.7 Å². The summed E-state index contributed by atoms with van der Waals surface area (Å²) in [6, 6.07) is 11.9. The summed E-state index contributed by atoms with van der Waals surface area (Å²) in [4.78, 5) is 9.82. The van der Waals surface area contributed by atoms with Crippen LogP contribution in [0.2, 0.25) is 0 Å². The predicted octanol–water partition coefficient (Wildman–Crippen LogP) is 3.80. The second-order valence-electron chi connectivity index (χ2n) is 7.32. The zero-order valence-corrected chi connectivity index (χ0v) is 16.6. The number of methoxy groups -OCH3 is 2. The molecular formula is C21H24N4O2. The van der Waals surface area contributed by atoms with Crippen molar-refractivity contribution in [2.24, 2.45) is 14.1 Å². The molecule has 0 saturated heterocycles. The maximum absolute atomic E-state index is 5.37. The van der Waals surface area contributed by atoms with Crippen molar-refractivity contribution in [3.63, 3.8) is 0 Å². The fourth-order valence-corrected chi connectivity index (χ4v) is 3.81. The zero-order chi connectivity index (χ0) is 19.3. The second-order valence-corrected chi connectivity index (χ2v) is 7.32. The van der Waals surface area contributed by atoms with E-state index in [9.17, 15) is 0 Å². The standard InChI is InChI=1S/C21H24N4O2/c1-21(2,19-22-15-9-7-13(26-5)11-17(15)24(19)3)20-23-16-10-8-14(27-6)12-18(16)25(20)4/h7-12H,1-6H3. The first-order valence-electron chi connectivity index (χ1n) is 8.88. The first kappa shape index (κ1) is 17.4. The highest BCUT2D eigenvalue weighted by molar-refractivity contribution is 5.79. The number of fused-ring (bicyclic) bond motifs is 2. The van der Waals surface area contributed by atoms with Crippen LogP contribution >= 0.6 is 0 Å². The van der Waals surface area contributed by atoms with E-state index < -0.39 is 0 Å². The fourth-order valence-electron chi connectivity index (χ4n) is 3.81. The maximum Gasteiger partial charge on any atom is 0.122 e. The van der Waals surface area contributed by atoms with E-state index in [1.165, 1.54) is 0 Å². The highest BCUT2D eigenvalue weighted by Crippen LogP contribution is 2.35. The minimum atomic E-state index is -0.387. The third-order valence-electron chi connectivity index (χ3n) is 5.29. The van der Waals surface area contributed by atoms with E-state index in [0.717, 1.165) is 45.2 Å². The van der Waals surface area contributed by atoms with E-state index >= 15 is 0 Å². The van der Waals surface area contributed by atoms with Gasteiger partial charge in [0.25, 0.3) is 0 Å². The third kappa shape index (κ3) is 2.55. The minimum absolute atomic E-state index is 0.387. The van der Waals surface area contributed by atoms with Gasteiger partial charge in [0.2, 0.25) is 0 Å². The molecule has 0 fully saturated rings. The Kier molecular flexibility index (Phi) is 3.87. The Morgan fingerprint density at radius 3 is 1.52 bits per heavy atom. The van der Waals surface area contributed by atoms with E-state index in [1.807, 2.05) is 50.5 Å². The van der Waals surface area contributed by atoms with Gasteiger partial charge in [-0.3, -0.25) is 0 Å². The van der Waals surface area contributed by atoms with Crippen LogP contribution in [0, 0.1) is 0 Å². The van der Waals surface area contributed by atoms with Gasteiger partial charge >= 0.3 is 0 Å². The lowest BCUT2D eigenvalue weighted by Crippen LogP contribution is -2.27. The molecule has 2 heterocycles. The Morgan fingerprint density at radius 1 is 0.741 bits per heavy atom. The molecule has 2 aromatic carbocycles. The van der Waals surface area contributed by atoms with Crippen LogP contribution < -0.4 is 9.47 Å². The molecule has 0 atom stereocenters. The first-order chi connectivity index (χ1) is 12.9. The SMILES string of the molecule is COc1ccc2nc(C(C)(C)c3nc4ccc(OC)cc4n3C)n(C)c2c1. The van der Waals surface area contributed by atoms with E-state index in [4.69, 9.17) is 19.4 Å². The quantitative estimate of drug-likeness (QED) is 0.553. The van der Waals surface area contributed by atoms with Gasteiger partial charge in [-0.25, -0.2) is 9.97 Å². The number of benzene rings is 2. The van der Waals surface area contributed by atoms with Crippen molar-refractivity contribution < 1.29 is 9.47 Å². The number of ether oxygens (including phenoxy) is 2. The average Bonchev–Trinajstić information content (AvgIpc) is 3.19. The fraction of sp³-hybridized carbons (Fsp3) is 0.333. The molecule has 0 aliphatic heterocycles. The highest BCUT2D eigenvalue weighted by Gasteiger charge is 2.33. The van der Waals surface area contributed by atoms with Crippen LogP contribution in [0.5, 0.6) is 11.5 Å². The van der Waals surface area contributed by atoms with Gasteiger partial charge in [-0.15, -0.1) is 0 Å². The molecule has 6 heteroatoms. The van der Waals surface area contributed by atoms with Gasteiger partial charge in [-0.05, 0) is 38.1 Å². The van der Waals surface area contributed by atoms with Crippen LogP contribution in [0.15, 0.2) is 36.4 Å². The summed E-state index contributed by atoms with van der Waals surface area (Å²) in [5, 5.41) is 0. The Morgan fingerprint density at radius 2 is 1.15 bits per heavy atom. The molecule has 0 spiro atoms. The summed E-state index contributed by atoms with van der Waals surface area (Å²) in [6.45, 7) is 4.31. The molecule has 27 heavy (non-hydrogen) atoms. The van der Waals surface area contributed by atoms with Crippen molar-refractivity contribution in [3.05, 3.63) is 48.0 Å². The van der Waals surface area contributed by atoms with Crippen LogP contribution in [0.1, 0.15) is 25.5 Å². The summed E-state index contributed by atoms with van der Waals surface area (Å²) >= 11 is 0. The van der Waals surface area contributed by atoms with Crippen LogP contribution in [-0.2, 0) is 19.5 Å². The summed E-state index contributed by atoms with van der Waals surface area (Å²) < 4.78 is 15.0. The Labute approximate surface area is 158 Å². The lowest BCUT2D eigenvalue weighted by Gasteiger charge is -2.23. The van der Waals surface area contributed by atoms with Gasteiger partial charge in [0.15, 0.2) is 0 Å². The predicted molar refractivity (Wildman–Crippen MR) is 107 cm³/mol. The van der Waals surface area contributed by atoms with Gasteiger partial charge in [-0.2, -0.15) is 0 Å². The molecule has 0 saturated carbocycles. The third-order valence-corrected chi connectivity index (χ3v) is 5.29. The average molecular weight is 364 g/mol. The Hall–Kier alpha value is -3.02. The molecule has 0 aliphatic rings. The topological polar surface area (TPSA) is 54.1 Å². The number of aryl methyl sites for hydroxylation is 2. The lowest BCUT2D eigenvalue weighted by atomic mass is 9.91. The smallest absolute Gasteiger partial charge is 0.122 e. The van der Waals surface area contributed by atoms with Crippen LogP contribution in [0.3, 0.4) is 0 Å². The molecule has 140 valence electrons. The lowest BCUT2D eigenvalue weighted by molar-refractivity contribution is 0.415. The van der Waals surface area contributed by atoms with Crippen molar-refractivity contribution in [1.82, 2.24) is 19.1 Å². The molecule has 0 aliphatic carbocycles. The van der Waals surface area contributed by atoms with Crippen LogP contribution in [0.4, 0.5) is 0 Å². The molecule has 4 aromatic rings. The van der Waals surface area contributed by atoms with Crippen LogP contribution in [0.25, 0.3) is 22.1 Å². The van der Waals surface area contributed by atoms with Crippen molar-refractivity contribution in [2.75, 3.05) is 14.2 Å². The molecule has 4 rings (SSSR count). The molecule has 0 N–H and O–H groups in total.